The first-order valence-electron chi connectivity index (χ1n) is 9.36. The Balaban J connectivity index is 1.24. The van der Waals surface area contributed by atoms with E-state index in [-0.39, 0.29) is 5.91 Å². The van der Waals surface area contributed by atoms with Crippen molar-refractivity contribution >= 4 is 22.8 Å². The number of carbonyl (C=O) groups excluding carboxylic acids is 1. The predicted octanol–water partition coefficient (Wildman–Crippen LogP) is 1.05. The maximum Gasteiger partial charge on any atom is 0.273 e. The first-order chi connectivity index (χ1) is 12.8. The lowest BCUT2D eigenvalue weighted by Gasteiger charge is -2.25. The zero-order valence-corrected chi connectivity index (χ0v) is 15.7. The number of hydrogen-bond acceptors (Lipinski definition) is 7. The molecule has 0 unspecified atom stereocenters. The van der Waals surface area contributed by atoms with Crippen molar-refractivity contribution in [3.63, 3.8) is 0 Å². The molecule has 0 spiro atoms. The number of aliphatic imine (C=N–C) groups is 1. The second kappa shape index (κ2) is 8.22. The number of thioether (sulfide) groups is 1. The molecule has 1 atom stereocenters. The van der Waals surface area contributed by atoms with Gasteiger partial charge in [0.2, 0.25) is 0 Å². The standard InChI is InChI=1S/C17H25N7OS/c25-16(15-11-23(22-21-15)10-13-3-1-5-18-9-13)19-7-4-14-12-26-17-20-6-2-8-24(14)17/h11-13,18H,1-10H2,(H,19,25)/t13-/m1/s1. The molecule has 3 aliphatic heterocycles. The first-order valence-corrected chi connectivity index (χ1v) is 10.2. The first kappa shape index (κ1) is 17.5. The summed E-state index contributed by atoms with van der Waals surface area (Å²) >= 11 is 1.68. The van der Waals surface area contributed by atoms with E-state index in [0.29, 0.717) is 18.2 Å². The normalized spacial score (nSPS) is 22.6. The highest BCUT2D eigenvalue weighted by Crippen LogP contribution is 2.30. The second-order valence-corrected chi connectivity index (χ2v) is 7.78. The van der Waals surface area contributed by atoms with Gasteiger partial charge in [0, 0.05) is 38.3 Å². The average molecular weight is 376 g/mol. The van der Waals surface area contributed by atoms with Gasteiger partial charge in [-0.25, -0.2) is 0 Å². The number of fused-ring (bicyclic) bond motifs is 1. The minimum atomic E-state index is -0.156. The fourth-order valence-electron chi connectivity index (χ4n) is 3.56. The summed E-state index contributed by atoms with van der Waals surface area (Å²) in [6, 6.07) is 0. The summed E-state index contributed by atoms with van der Waals surface area (Å²) in [6.45, 7) is 5.46. The van der Waals surface area contributed by atoms with E-state index in [9.17, 15) is 4.79 Å². The topological polar surface area (TPSA) is 87.4 Å². The van der Waals surface area contributed by atoms with Gasteiger partial charge in [0.15, 0.2) is 10.9 Å². The average Bonchev–Trinajstić information content (AvgIpc) is 3.30. The van der Waals surface area contributed by atoms with Gasteiger partial charge >= 0.3 is 0 Å². The molecule has 0 aromatic carbocycles. The van der Waals surface area contributed by atoms with Gasteiger partial charge in [-0.05, 0) is 43.7 Å². The van der Waals surface area contributed by atoms with Gasteiger partial charge in [0.05, 0.1) is 6.20 Å². The summed E-state index contributed by atoms with van der Waals surface area (Å²) in [4.78, 5) is 19.1. The van der Waals surface area contributed by atoms with E-state index < -0.39 is 0 Å². The van der Waals surface area contributed by atoms with Gasteiger partial charge in [-0.2, -0.15) is 0 Å². The number of rotatable bonds is 6. The minimum absolute atomic E-state index is 0.156. The molecule has 3 aliphatic rings. The smallest absolute Gasteiger partial charge is 0.273 e. The highest BCUT2D eigenvalue weighted by atomic mass is 32.2. The van der Waals surface area contributed by atoms with Crippen LogP contribution in [0.5, 0.6) is 0 Å². The van der Waals surface area contributed by atoms with Crippen LogP contribution in [0.3, 0.4) is 0 Å². The molecule has 1 fully saturated rings. The van der Waals surface area contributed by atoms with Crippen LogP contribution in [-0.2, 0) is 6.54 Å². The molecule has 1 aromatic rings. The van der Waals surface area contributed by atoms with Crippen molar-refractivity contribution in [1.29, 1.82) is 0 Å². The number of aromatic nitrogens is 3. The molecule has 4 rings (SSSR count). The molecule has 4 heterocycles. The molecular weight excluding hydrogens is 350 g/mol. The van der Waals surface area contributed by atoms with Crippen LogP contribution in [0.2, 0.25) is 0 Å². The zero-order chi connectivity index (χ0) is 17.8. The molecule has 2 N–H and O–H groups in total. The van der Waals surface area contributed by atoms with Crippen molar-refractivity contribution in [1.82, 2.24) is 30.5 Å². The Morgan fingerprint density at radius 2 is 2.38 bits per heavy atom. The molecule has 9 heteroatoms. The van der Waals surface area contributed by atoms with Crippen molar-refractivity contribution in [2.45, 2.75) is 32.2 Å². The van der Waals surface area contributed by atoms with E-state index >= 15 is 0 Å². The van der Waals surface area contributed by atoms with E-state index in [1.165, 1.54) is 18.5 Å². The SMILES string of the molecule is O=C(NCCC1=CSC2=NCCCN12)c1cn(C[C@@H]2CCCNC2)nn1. The molecule has 140 valence electrons. The van der Waals surface area contributed by atoms with Crippen LogP contribution in [0.1, 0.15) is 36.2 Å². The third-order valence-electron chi connectivity index (χ3n) is 4.95. The summed E-state index contributed by atoms with van der Waals surface area (Å²) in [5.74, 6) is 0.408. The van der Waals surface area contributed by atoms with E-state index in [1.807, 2.05) is 0 Å². The second-order valence-electron chi connectivity index (χ2n) is 6.94. The fourth-order valence-corrected chi connectivity index (χ4v) is 4.55. The van der Waals surface area contributed by atoms with E-state index in [4.69, 9.17) is 0 Å². The molecule has 1 aromatic heterocycles. The van der Waals surface area contributed by atoms with Gasteiger partial charge in [0.25, 0.3) is 5.91 Å². The van der Waals surface area contributed by atoms with Crippen molar-refractivity contribution in [3.05, 3.63) is 23.0 Å². The Hall–Kier alpha value is -1.87. The van der Waals surface area contributed by atoms with Gasteiger partial charge in [-0.1, -0.05) is 17.0 Å². The summed E-state index contributed by atoms with van der Waals surface area (Å²) in [5, 5.41) is 17.7. The van der Waals surface area contributed by atoms with Crippen LogP contribution in [-0.4, -0.2) is 63.7 Å². The maximum atomic E-state index is 12.3. The van der Waals surface area contributed by atoms with Gasteiger partial charge < -0.3 is 15.5 Å². The van der Waals surface area contributed by atoms with Crippen LogP contribution in [0, 0.1) is 5.92 Å². The lowest BCUT2D eigenvalue weighted by molar-refractivity contribution is 0.0948. The van der Waals surface area contributed by atoms with Crippen LogP contribution < -0.4 is 10.6 Å². The number of hydrogen-bond donors (Lipinski definition) is 2. The van der Waals surface area contributed by atoms with Gasteiger partial charge in [0.1, 0.15) is 0 Å². The number of nitrogens with one attached hydrogen (secondary N) is 2. The molecule has 0 bridgehead atoms. The highest BCUT2D eigenvalue weighted by Gasteiger charge is 2.24. The Morgan fingerprint density at radius 3 is 3.27 bits per heavy atom. The van der Waals surface area contributed by atoms with Crippen LogP contribution in [0.25, 0.3) is 0 Å². The van der Waals surface area contributed by atoms with Crippen molar-refractivity contribution in [2.24, 2.45) is 10.9 Å². The molecule has 8 nitrogen and oxygen atoms in total. The van der Waals surface area contributed by atoms with Crippen molar-refractivity contribution < 1.29 is 4.79 Å². The number of nitrogens with zero attached hydrogens (tertiary/aromatic N) is 5. The lowest BCUT2D eigenvalue weighted by atomic mass is 10.00. The Bertz CT molecular complexity index is 708. The molecule has 1 saturated heterocycles. The third kappa shape index (κ3) is 4.09. The number of amidine groups is 1. The Kier molecular flexibility index (Phi) is 5.54. The quantitative estimate of drug-likeness (QED) is 0.773. The Morgan fingerprint density at radius 1 is 1.42 bits per heavy atom. The molecule has 0 radical (unpaired) electrons. The largest absolute Gasteiger partial charge is 0.350 e. The van der Waals surface area contributed by atoms with Crippen LogP contribution in [0.4, 0.5) is 0 Å². The van der Waals surface area contributed by atoms with E-state index in [2.05, 4.69) is 36.2 Å². The maximum absolute atomic E-state index is 12.3. The number of piperidine rings is 1. The number of amides is 1. The summed E-state index contributed by atoms with van der Waals surface area (Å²) in [6.07, 6.45) is 6.05. The highest BCUT2D eigenvalue weighted by molar-refractivity contribution is 8.16. The van der Waals surface area contributed by atoms with Crippen LogP contribution >= 0.6 is 11.8 Å². The molecule has 0 aliphatic carbocycles. The molecule has 0 saturated carbocycles. The van der Waals surface area contributed by atoms with Crippen LogP contribution in [0.15, 0.2) is 22.3 Å². The summed E-state index contributed by atoms with van der Waals surface area (Å²) in [7, 11) is 0. The van der Waals surface area contributed by atoms with E-state index in [0.717, 1.165) is 50.7 Å². The van der Waals surface area contributed by atoms with Crippen molar-refractivity contribution in [3.8, 4) is 0 Å². The fraction of sp³-hybridized carbons (Fsp3) is 0.647. The summed E-state index contributed by atoms with van der Waals surface area (Å²) in [5.41, 5.74) is 1.63. The number of carbonyl (C=O) groups is 1. The van der Waals surface area contributed by atoms with Crippen molar-refractivity contribution in [2.75, 3.05) is 32.7 Å². The minimum Gasteiger partial charge on any atom is -0.350 e. The predicted molar refractivity (Wildman–Crippen MR) is 102 cm³/mol. The zero-order valence-electron chi connectivity index (χ0n) is 14.9. The molecule has 26 heavy (non-hydrogen) atoms. The summed E-state index contributed by atoms with van der Waals surface area (Å²) < 4.78 is 1.79. The molecule has 1 amide bonds. The third-order valence-corrected chi connectivity index (χ3v) is 5.90. The monoisotopic (exact) mass is 375 g/mol. The Labute approximate surface area is 157 Å². The van der Waals surface area contributed by atoms with Gasteiger partial charge in [-0.15, -0.1) is 5.10 Å². The van der Waals surface area contributed by atoms with E-state index in [1.54, 1.807) is 22.6 Å². The van der Waals surface area contributed by atoms with Gasteiger partial charge in [-0.3, -0.25) is 14.5 Å². The lowest BCUT2D eigenvalue weighted by Crippen LogP contribution is -2.32. The molecular formula is C17H25N7OS.